The predicted octanol–water partition coefficient (Wildman–Crippen LogP) is 4.49. The average molecular weight is 295 g/mol. The van der Waals surface area contributed by atoms with Crippen LogP contribution in [0.5, 0.6) is 0 Å². The minimum atomic E-state index is -0.441. The van der Waals surface area contributed by atoms with Gasteiger partial charge < -0.3 is 5.11 Å². The quantitative estimate of drug-likeness (QED) is 0.881. The largest absolute Gasteiger partial charge is 0.395 e. The molecule has 0 saturated heterocycles. The van der Waals surface area contributed by atoms with Gasteiger partial charge in [0, 0.05) is 15.5 Å². The molecule has 0 radical (unpaired) electrons. The van der Waals surface area contributed by atoms with Gasteiger partial charge in [-0.3, -0.25) is 0 Å². The highest BCUT2D eigenvalue weighted by Crippen LogP contribution is 2.34. The first-order valence-electron chi connectivity index (χ1n) is 6.16. The maximum Gasteiger partial charge on any atom is 0.0529 e. The fourth-order valence-corrected chi connectivity index (χ4v) is 2.82. The molecule has 1 N–H and O–H groups in total. The van der Waals surface area contributed by atoms with E-state index in [4.69, 9.17) is 23.2 Å². The summed E-state index contributed by atoms with van der Waals surface area (Å²) in [6, 6.07) is 15.3. The zero-order chi connectivity index (χ0) is 13.9. The molecule has 1 atom stereocenters. The molecule has 100 valence electrons. The molecular weight excluding hydrogens is 279 g/mol. The standard InChI is InChI=1S/C16H16Cl2O/c1-16(11-19,13-7-3-5-9-15(13)18)10-12-6-2-4-8-14(12)17/h2-9,19H,10-11H2,1H3. The lowest BCUT2D eigenvalue weighted by Crippen LogP contribution is -2.30. The van der Waals surface area contributed by atoms with Gasteiger partial charge in [0.25, 0.3) is 0 Å². The summed E-state index contributed by atoms with van der Waals surface area (Å²) in [5.74, 6) is 0. The van der Waals surface area contributed by atoms with E-state index >= 15 is 0 Å². The molecule has 1 nitrogen and oxygen atoms in total. The molecule has 0 fully saturated rings. The summed E-state index contributed by atoms with van der Waals surface area (Å²) in [7, 11) is 0. The van der Waals surface area contributed by atoms with Gasteiger partial charge in [-0.2, -0.15) is 0 Å². The predicted molar refractivity (Wildman–Crippen MR) is 81.0 cm³/mol. The Balaban J connectivity index is 2.39. The van der Waals surface area contributed by atoms with Crippen LogP contribution in [-0.2, 0) is 11.8 Å². The van der Waals surface area contributed by atoms with Crippen molar-refractivity contribution in [1.29, 1.82) is 0 Å². The van der Waals surface area contributed by atoms with E-state index in [0.29, 0.717) is 16.5 Å². The van der Waals surface area contributed by atoms with Crippen molar-refractivity contribution in [1.82, 2.24) is 0 Å². The van der Waals surface area contributed by atoms with Crippen LogP contribution >= 0.6 is 23.2 Å². The van der Waals surface area contributed by atoms with E-state index < -0.39 is 5.41 Å². The molecule has 2 aromatic rings. The lowest BCUT2D eigenvalue weighted by atomic mass is 9.78. The second-order valence-corrected chi connectivity index (χ2v) is 5.78. The van der Waals surface area contributed by atoms with Gasteiger partial charge in [0.1, 0.15) is 0 Å². The highest BCUT2D eigenvalue weighted by atomic mass is 35.5. The highest BCUT2D eigenvalue weighted by Gasteiger charge is 2.29. The summed E-state index contributed by atoms with van der Waals surface area (Å²) in [5.41, 5.74) is 1.52. The van der Waals surface area contributed by atoms with Crippen molar-refractivity contribution in [2.45, 2.75) is 18.8 Å². The molecule has 0 saturated carbocycles. The molecule has 0 amide bonds. The van der Waals surface area contributed by atoms with Crippen molar-refractivity contribution in [2.75, 3.05) is 6.61 Å². The van der Waals surface area contributed by atoms with Crippen LogP contribution in [0, 0.1) is 0 Å². The van der Waals surface area contributed by atoms with Crippen LogP contribution in [0.15, 0.2) is 48.5 Å². The molecular formula is C16H16Cl2O. The fraction of sp³-hybridized carbons (Fsp3) is 0.250. The molecule has 0 spiro atoms. The Morgan fingerprint density at radius 1 is 0.947 bits per heavy atom. The third kappa shape index (κ3) is 3.11. The fourth-order valence-electron chi connectivity index (χ4n) is 2.25. The number of hydrogen-bond acceptors (Lipinski definition) is 1. The number of aliphatic hydroxyl groups excluding tert-OH is 1. The first kappa shape index (κ1) is 14.4. The van der Waals surface area contributed by atoms with Gasteiger partial charge in [0.2, 0.25) is 0 Å². The minimum Gasteiger partial charge on any atom is -0.395 e. The molecule has 19 heavy (non-hydrogen) atoms. The van der Waals surface area contributed by atoms with E-state index in [9.17, 15) is 5.11 Å². The molecule has 0 aliphatic heterocycles. The van der Waals surface area contributed by atoms with E-state index in [1.165, 1.54) is 0 Å². The van der Waals surface area contributed by atoms with Gasteiger partial charge in [0.15, 0.2) is 0 Å². The molecule has 2 rings (SSSR count). The summed E-state index contributed by atoms with van der Waals surface area (Å²) in [4.78, 5) is 0. The Morgan fingerprint density at radius 2 is 1.53 bits per heavy atom. The van der Waals surface area contributed by atoms with Crippen molar-refractivity contribution in [2.24, 2.45) is 0 Å². The topological polar surface area (TPSA) is 20.2 Å². The molecule has 0 aromatic heterocycles. The molecule has 0 aliphatic carbocycles. The normalized spacial score (nSPS) is 14.1. The first-order chi connectivity index (χ1) is 9.07. The van der Waals surface area contributed by atoms with Gasteiger partial charge in [-0.25, -0.2) is 0 Å². The number of hydrogen-bond donors (Lipinski definition) is 1. The molecule has 2 aromatic carbocycles. The molecule has 0 bridgehead atoms. The molecule has 3 heteroatoms. The zero-order valence-electron chi connectivity index (χ0n) is 10.7. The molecule has 0 aliphatic rings. The summed E-state index contributed by atoms with van der Waals surface area (Å²) < 4.78 is 0. The summed E-state index contributed by atoms with van der Waals surface area (Å²) >= 11 is 12.4. The average Bonchev–Trinajstić information content (AvgIpc) is 2.42. The maximum atomic E-state index is 9.81. The third-order valence-electron chi connectivity index (χ3n) is 3.41. The lowest BCUT2D eigenvalue weighted by Gasteiger charge is -2.29. The number of rotatable bonds is 4. The van der Waals surface area contributed by atoms with Gasteiger partial charge in [0.05, 0.1) is 6.61 Å². The van der Waals surface area contributed by atoms with Crippen molar-refractivity contribution in [3.8, 4) is 0 Å². The van der Waals surface area contributed by atoms with E-state index in [2.05, 4.69) is 0 Å². The lowest BCUT2D eigenvalue weighted by molar-refractivity contribution is 0.205. The minimum absolute atomic E-state index is 0.0158. The summed E-state index contributed by atoms with van der Waals surface area (Å²) in [6.45, 7) is 2.01. The number of aliphatic hydroxyl groups is 1. The Labute approximate surface area is 123 Å². The zero-order valence-corrected chi connectivity index (χ0v) is 12.2. The van der Waals surface area contributed by atoms with Crippen molar-refractivity contribution < 1.29 is 5.11 Å². The van der Waals surface area contributed by atoms with Crippen molar-refractivity contribution in [3.63, 3.8) is 0 Å². The molecule has 1 unspecified atom stereocenters. The summed E-state index contributed by atoms with van der Waals surface area (Å²) in [6.07, 6.45) is 0.646. The Morgan fingerprint density at radius 3 is 2.11 bits per heavy atom. The third-order valence-corrected chi connectivity index (χ3v) is 4.11. The second-order valence-electron chi connectivity index (χ2n) is 4.97. The van der Waals surface area contributed by atoms with Gasteiger partial charge >= 0.3 is 0 Å². The van der Waals surface area contributed by atoms with Crippen LogP contribution in [-0.4, -0.2) is 11.7 Å². The van der Waals surface area contributed by atoms with Crippen molar-refractivity contribution in [3.05, 3.63) is 69.7 Å². The van der Waals surface area contributed by atoms with Crippen LogP contribution in [0.4, 0.5) is 0 Å². The highest BCUT2D eigenvalue weighted by molar-refractivity contribution is 6.31. The van der Waals surface area contributed by atoms with E-state index in [1.54, 1.807) is 0 Å². The smallest absolute Gasteiger partial charge is 0.0529 e. The number of halogens is 2. The second kappa shape index (κ2) is 5.96. The first-order valence-corrected chi connectivity index (χ1v) is 6.92. The van der Waals surface area contributed by atoms with E-state index in [1.807, 2.05) is 55.5 Å². The number of benzene rings is 2. The monoisotopic (exact) mass is 294 g/mol. The Bertz CT molecular complexity index is 568. The van der Waals surface area contributed by atoms with Gasteiger partial charge in [-0.1, -0.05) is 66.5 Å². The van der Waals surface area contributed by atoms with Crippen LogP contribution in [0.2, 0.25) is 10.0 Å². The SMILES string of the molecule is CC(CO)(Cc1ccccc1Cl)c1ccccc1Cl. The Hall–Kier alpha value is -1.02. The summed E-state index contributed by atoms with van der Waals surface area (Å²) in [5, 5.41) is 11.2. The van der Waals surface area contributed by atoms with Crippen LogP contribution in [0.1, 0.15) is 18.1 Å². The Kier molecular flexibility index (Phi) is 4.51. The van der Waals surface area contributed by atoms with Crippen LogP contribution in [0.3, 0.4) is 0 Å². The van der Waals surface area contributed by atoms with Crippen molar-refractivity contribution >= 4 is 23.2 Å². The van der Waals surface area contributed by atoms with Gasteiger partial charge in [-0.05, 0) is 29.7 Å². The van der Waals surface area contributed by atoms with Gasteiger partial charge in [-0.15, -0.1) is 0 Å². The van der Waals surface area contributed by atoms with E-state index in [0.717, 1.165) is 11.1 Å². The molecule has 0 heterocycles. The van der Waals surface area contributed by atoms with Crippen LogP contribution in [0.25, 0.3) is 0 Å². The maximum absolute atomic E-state index is 9.81. The van der Waals surface area contributed by atoms with Crippen LogP contribution < -0.4 is 0 Å². The van der Waals surface area contributed by atoms with E-state index in [-0.39, 0.29) is 6.61 Å².